The van der Waals surface area contributed by atoms with Gasteiger partial charge in [-0.2, -0.15) is 79.0 Å². The number of benzene rings is 7. The first-order valence-corrected chi connectivity index (χ1v) is 31.0. The molecule has 10 rings (SSSR count). The van der Waals surface area contributed by atoms with Gasteiger partial charge in [0.1, 0.15) is 40.2 Å². The second kappa shape index (κ2) is 33.0. The Morgan fingerprint density at radius 3 is 0.981 bits per heavy atom. The maximum atomic E-state index is 13.7. The number of ether oxygens (including phenoxy) is 4. The average Bonchev–Trinajstić information content (AvgIpc) is 1.59. The predicted octanol–water partition coefficient (Wildman–Crippen LogP) is 15.5. The number of carbonyl (C=O) groups excluding carboxylic acids is 5. The van der Waals surface area contributed by atoms with Crippen LogP contribution in [0.15, 0.2) is 158 Å². The van der Waals surface area contributed by atoms with Crippen LogP contribution in [0.2, 0.25) is 0 Å². The minimum atomic E-state index is -5.07. The summed E-state index contributed by atoms with van der Waals surface area (Å²) in [5.74, 6) is -0.870. The van der Waals surface area contributed by atoms with Gasteiger partial charge in [-0.25, -0.2) is 32.3 Å². The summed E-state index contributed by atoms with van der Waals surface area (Å²) in [5.41, 5.74) is -14.5. The van der Waals surface area contributed by atoms with E-state index < -0.39 is 196 Å². The van der Waals surface area contributed by atoms with Crippen LogP contribution in [0.5, 0.6) is 5.75 Å². The molecule has 0 aliphatic carbocycles. The van der Waals surface area contributed by atoms with Crippen LogP contribution >= 0.6 is 0 Å². The van der Waals surface area contributed by atoms with Crippen molar-refractivity contribution in [3.8, 4) is 5.75 Å². The maximum absolute atomic E-state index is 13.7. The molecule has 108 heavy (non-hydrogen) atoms. The summed E-state index contributed by atoms with van der Waals surface area (Å²) in [6.45, 7) is 4.41. The monoisotopic (exact) mass is 1560 g/mol. The van der Waals surface area contributed by atoms with Crippen LogP contribution in [0.4, 0.5) is 107 Å². The number of urea groups is 3. The molecule has 3 aliphatic heterocycles. The fourth-order valence-electron chi connectivity index (χ4n) is 10.9. The van der Waals surface area contributed by atoms with E-state index in [2.05, 4.69) is 33.2 Å². The van der Waals surface area contributed by atoms with E-state index in [1.807, 2.05) is 0 Å². The smallest absolute Gasteiger partial charge is 0.416 e. The Hall–Kier alpha value is -10.4. The van der Waals surface area contributed by atoms with Crippen LogP contribution < -0.4 is 31.3 Å². The van der Waals surface area contributed by atoms with Crippen molar-refractivity contribution in [2.75, 3.05) is 26.9 Å². The van der Waals surface area contributed by atoms with Crippen molar-refractivity contribution in [1.82, 2.24) is 31.5 Å². The molecule has 0 spiro atoms. The zero-order chi connectivity index (χ0) is 80.7. The van der Waals surface area contributed by atoms with Gasteiger partial charge in [0.15, 0.2) is 18.0 Å². The number of halogens is 21. The molecule has 7 N–H and O–H groups in total. The molecule has 8 atom stereocenters. The molecular weight excluding hydrogens is 1500 g/mol. The molecule has 7 amide bonds. The quantitative estimate of drug-likeness (QED) is 0.0243. The molecule has 38 heteroatoms. The third kappa shape index (κ3) is 20.4. The van der Waals surface area contributed by atoms with Gasteiger partial charge in [0, 0.05) is 0 Å². The molecule has 7 aromatic rings. The fourth-order valence-corrected chi connectivity index (χ4v) is 10.9. The largest absolute Gasteiger partial charge is 0.497 e. The van der Waals surface area contributed by atoms with Crippen LogP contribution in [0.1, 0.15) is 111 Å². The van der Waals surface area contributed by atoms with Crippen molar-refractivity contribution in [3.05, 3.63) is 248 Å². The number of aliphatic hydroxyl groups excluding tert-OH is 2. The second-order valence-corrected chi connectivity index (χ2v) is 24.1. The number of imide groups is 1. The van der Waals surface area contributed by atoms with Crippen LogP contribution in [0.3, 0.4) is 0 Å². The molecule has 3 saturated heterocycles. The Kier molecular flexibility index (Phi) is 25.9. The highest BCUT2D eigenvalue weighted by molar-refractivity contribution is 6.07. The van der Waals surface area contributed by atoms with Crippen molar-refractivity contribution >= 4 is 29.9 Å². The highest BCUT2D eigenvalue weighted by Gasteiger charge is 2.54. The number of methoxy groups -OCH3 is 1. The number of hydrogen-bond acceptors (Lipinski definition) is 11. The third-order valence-electron chi connectivity index (χ3n) is 16.8. The highest BCUT2D eigenvalue weighted by Crippen LogP contribution is 2.44. The molecule has 582 valence electrons. The van der Waals surface area contributed by atoms with Gasteiger partial charge in [0.2, 0.25) is 0 Å². The standard InChI is InChI=1S/C28H23F7N2O4.2C20H17F7N2O3.C2H2O/c1-16(18-11-20(27(30,31)32)13-21(12-18)28(33,34)35)41-15-26(19-5-7-22(29)8-6-19)24(38)37(25(39)36-26)14-17-3-9-23(40-2)10-4-17;2*1-10(11-6-13(19(22,23)24)8-14(7-11)20(25,26)27)32-9-18(16(30)28-17(31)29-18)12-2-4-15(21)5-3-12;1-2-3/h3-13,16H,14-15H2,1-2H3,(H,36,39);2*2-8,10,16,30H,9H2,1H3,(H2,28,29,31);1H2/t16-,26-;10-,16+,18-;10-,16-,18-;/m111./s1. The van der Waals surface area contributed by atoms with E-state index in [-0.39, 0.29) is 41.4 Å². The molecule has 0 saturated carbocycles. The first-order valence-electron chi connectivity index (χ1n) is 31.0. The number of nitrogens with zero attached hydrogens (tertiary/aromatic N) is 1. The van der Waals surface area contributed by atoms with Crippen molar-refractivity contribution in [2.24, 2.45) is 0 Å². The lowest BCUT2D eigenvalue weighted by molar-refractivity contribution is -0.145. The van der Waals surface area contributed by atoms with Gasteiger partial charge in [0.05, 0.1) is 85.2 Å². The summed E-state index contributed by atoms with van der Waals surface area (Å²) in [7, 11) is 1.47. The lowest BCUT2D eigenvalue weighted by atomic mass is 9.89. The van der Waals surface area contributed by atoms with Gasteiger partial charge < -0.3 is 55.7 Å². The van der Waals surface area contributed by atoms with E-state index in [1.165, 1.54) is 70.2 Å². The number of aliphatic hydroxyl groups is 2. The van der Waals surface area contributed by atoms with Gasteiger partial charge in [-0.15, -0.1) is 0 Å². The van der Waals surface area contributed by atoms with Gasteiger partial charge in [-0.3, -0.25) is 9.69 Å². The number of nitrogens with one attached hydrogen (secondary N) is 5. The van der Waals surface area contributed by atoms with Crippen molar-refractivity contribution in [1.29, 1.82) is 0 Å². The van der Waals surface area contributed by atoms with Crippen molar-refractivity contribution in [3.63, 3.8) is 0 Å². The van der Waals surface area contributed by atoms with Crippen LogP contribution in [-0.4, -0.2) is 84.4 Å². The number of hydrogen-bond donors (Lipinski definition) is 7. The predicted molar refractivity (Wildman–Crippen MR) is 335 cm³/mol. The van der Waals surface area contributed by atoms with E-state index in [0.29, 0.717) is 47.7 Å². The van der Waals surface area contributed by atoms with Gasteiger partial charge >= 0.3 is 55.2 Å². The molecule has 0 radical (unpaired) electrons. The number of alkyl halides is 18. The maximum Gasteiger partial charge on any atom is 0.416 e. The van der Waals surface area contributed by atoms with E-state index in [1.54, 1.807) is 24.3 Å². The SMILES string of the molecule is C=C=O.COc1ccc(CN2C(=O)N[C@](CO[C@H](C)c3cc(C(F)(F)F)cc(C(F)(F)F)c3)(c3ccc(F)cc3)C2=O)cc1.C[C@@H](OC[C@]1(c2ccc(F)cc2)NC(=O)N[C@@H]1O)c1cc(C(F)(F)F)cc(C(F)(F)F)c1.C[C@@H](OC[C@]1(c2ccc(F)cc2)NC(=O)N[C@H]1O)c1cc(C(F)(F)F)cc(C(F)(F)F)c1. The Morgan fingerprint density at radius 1 is 0.444 bits per heavy atom. The van der Waals surface area contributed by atoms with E-state index in [0.717, 1.165) is 41.3 Å². The summed E-state index contributed by atoms with van der Waals surface area (Å²) >= 11 is 0. The van der Waals surface area contributed by atoms with Crippen molar-refractivity contribution in [2.45, 2.75) is 112 Å². The van der Waals surface area contributed by atoms with Gasteiger partial charge in [-0.05, 0) is 169 Å². The second-order valence-electron chi connectivity index (χ2n) is 24.1. The summed E-state index contributed by atoms with van der Waals surface area (Å²) in [5, 5.41) is 32.4. The average molecular weight is 1560 g/mol. The summed E-state index contributed by atoms with van der Waals surface area (Å²) in [6, 6.07) is 21.0. The highest BCUT2D eigenvalue weighted by atomic mass is 19.4. The van der Waals surface area contributed by atoms with Crippen LogP contribution in [0, 0.1) is 17.5 Å². The third-order valence-corrected chi connectivity index (χ3v) is 16.8. The summed E-state index contributed by atoms with van der Waals surface area (Å²) < 4.78 is 300. The lowest BCUT2D eigenvalue weighted by Crippen LogP contribution is -2.50. The van der Waals surface area contributed by atoms with Gasteiger partial charge in [0.25, 0.3) is 5.91 Å². The molecule has 0 bridgehead atoms. The zero-order valence-corrected chi connectivity index (χ0v) is 55.8. The van der Waals surface area contributed by atoms with E-state index >= 15 is 0 Å². The molecule has 3 heterocycles. The lowest BCUT2D eigenvalue weighted by Gasteiger charge is -2.33. The fraction of sp³-hybridized carbons (Fsp3) is 0.314. The first kappa shape index (κ1) is 84.9. The first-order chi connectivity index (χ1) is 50.0. The Labute approximate surface area is 597 Å². The molecule has 0 unspecified atom stereocenters. The van der Waals surface area contributed by atoms with Crippen LogP contribution in [-0.2, 0) is 84.0 Å². The van der Waals surface area contributed by atoms with Crippen LogP contribution in [0.25, 0.3) is 0 Å². The number of amides is 7. The zero-order valence-electron chi connectivity index (χ0n) is 55.8. The molecule has 3 aliphatic rings. The summed E-state index contributed by atoms with van der Waals surface area (Å²) in [4.78, 5) is 59.7. The topological polar surface area (TPSA) is 226 Å². The van der Waals surface area contributed by atoms with Crippen molar-refractivity contribution < 1.29 is 145 Å². The molecule has 17 nitrogen and oxygen atoms in total. The number of carbonyl (C=O) groups is 4. The Bertz CT molecular complexity index is 4110. The summed E-state index contributed by atoms with van der Waals surface area (Å²) in [6.07, 6.45) is -37.3. The number of rotatable bonds is 18. The Balaban J connectivity index is 0.000000224. The van der Waals surface area contributed by atoms with Gasteiger partial charge in [-0.1, -0.05) is 48.5 Å². The molecule has 0 aromatic heterocycles. The van der Waals surface area contributed by atoms with E-state index in [4.69, 9.17) is 23.7 Å². The Morgan fingerprint density at radius 2 is 0.722 bits per heavy atom. The van der Waals surface area contributed by atoms with E-state index in [9.17, 15) is 122 Å². The molecule has 7 aromatic carbocycles. The molecular formula is C70H59F21N6O11. The minimum absolute atomic E-state index is 0.00109. The minimum Gasteiger partial charge on any atom is -0.497 e. The normalized spacial score (nSPS) is 20.3. The molecule has 3 fully saturated rings.